The predicted octanol–water partition coefficient (Wildman–Crippen LogP) is 2.12. The van der Waals surface area contributed by atoms with Crippen LogP contribution in [0, 0.1) is 5.92 Å². The van der Waals surface area contributed by atoms with E-state index in [2.05, 4.69) is 54.5 Å². The lowest BCUT2D eigenvalue weighted by Crippen LogP contribution is -2.46. The van der Waals surface area contributed by atoms with Crippen LogP contribution >= 0.6 is 0 Å². The Bertz CT molecular complexity index is 310. The minimum atomic E-state index is 0.701. The van der Waals surface area contributed by atoms with Crippen molar-refractivity contribution in [2.45, 2.75) is 25.9 Å². The van der Waals surface area contributed by atoms with Crippen LogP contribution in [0.15, 0.2) is 30.3 Å². The number of likely N-dealkylation sites (tertiary alicyclic amines) is 1. The van der Waals surface area contributed by atoms with Gasteiger partial charge in [0, 0.05) is 19.1 Å². The Morgan fingerprint density at radius 3 is 2.69 bits per heavy atom. The molecule has 1 aromatic rings. The molecule has 1 N–H and O–H groups in total. The molecule has 0 spiro atoms. The maximum atomic E-state index is 3.41. The molecule has 16 heavy (non-hydrogen) atoms. The molecule has 0 aliphatic carbocycles. The number of hydrogen-bond donors (Lipinski definition) is 1. The van der Waals surface area contributed by atoms with Gasteiger partial charge in [0.05, 0.1) is 0 Å². The number of hydrogen-bond acceptors (Lipinski definition) is 2. The Balaban J connectivity index is 1.89. The molecule has 0 saturated carbocycles. The van der Waals surface area contributed by atoms with Crippen LogP contribution < -0.4 is 5.32 Å². The summed E-state index contributed by atoms with van der Waals surface area (Å²) in [4.78, 5) is 2.56. The van der Waals surface area contributed by atoms with Gasteiger partial charge in [0.15, 0.2) is 0 Å². The van der Waals surface area contributed by atoms with E-state index in [0.29, 0.717) is 6.04 Å². The maximum absolute atomic E-state index is 3.41. The minimum absolute atomic E-state index is 0.701. The van der Waals surface area contributed by atoms with Gasteiger partial charge in [0.2, 0.25) is 0 Å². The molecule has 2 rings (SSSR count). The molecule has 1 heterocycles. The molecule has 2 heteroatoms. The second kappa shape index (κ2) is 5.46. The number of piperidine rings is 1. The van der Waals surface area contributed by atoms with E-state index in [9.17, 15) is 0 Å². The molecule has 0 unspecified atom stereocenters. The average molecular weight is 218 g/mol. The Labute approximate surface area is 98.7 Å². The van der Waals surface area contributed by atoms with Crippen molar-refractivity contribution in [3.05, 3.63) is 35.9 Å². The van der Waals surface area contributed by atoms with E-state index >= 15 is 0 Å². The van der Waals surface area contributed by atoms with Gasteiger partial charge in [-0.15, -0.1) is 0 Å². The Kier molecular flexibility index (Phi) is 3.97. The van der Waals surface area contributed by atoms with Crippen molar-refractivity contribution >= 4 is 0 Å². The molecular weight excluding hydrogens is 196 g/mol. The highest BCUT2D eigenvalue weighted by Gasteiger charge is 2.24. The van der Waals surface area contributed by atoms with Gasteiger partial charge in [0.25, 0.3) is 0 Å². The number of nitrogens with one attached hydrogen (secondary N) is 1. The van der Waals surface area contributed by atoms with E-state index in [1.165, 1.54) is 25.1 Å². The Morgan fingerprint density at radius 1 is 1.31 bits per heavy atom. The number of rotatable bonds is 3. The van der Waals surface area contributed by atoms with Crippen molar-refractivity contribution in [2.24, 2.45) is 5.92 Å². The summed E-state index contributed by atoms with van der Waals surface area (Å²) < 4.78 is 0. The first-order valence-corrected chi connectivity index (χ1v) is 6.23. The Morgan fingerprint density at radius 2 is 2.06 bits per heavy atom. The molecule has 88 valence electrons. The highest BCUT2D eigenvalue weighted by Crippen LogP contribution is 2.18. The van der Waals surface area contributed by atoms with E-state index < -0.39 is 0 Å². The van der Waals surface area contributed by atoms with Crippen LogP contribution in [-0.2, 0) is 6.54 Å². The summed E-state index contributed by atoms with van der Waals surface area (Å²) in [5, 5.41) is 3.41. The summed E-state index contributed by atoms with van der Waals surface area (Å²) in [5.74, 6) is 0.752. The first-order chi connectivity index (χ1) is 7.79. The fourth-order valence-corrected chi connectivity index (χ4v) is 2.65. The van der Waals surface area contributed by atoms with E-state index in [1.54, 1.807) is 0 Å². The van der Waals surface area contributed by atoms with E-state index in [0.717, 1.165) is 12.5 Å². The second-order valence-corrected chi connectivity index (χ2v) is 4.88. The quantitative estimate of drug-likeness (QED) is 0.836. The average Bonchev–Trinajstić information content (AvgIpc) is 2.31. The van der Waals surface area contributed by atoms with Crippen LogP contribution in [0.5, 0.6) is 0 Å². The van der Waals surface area contributed by atoms with Crippen LogP contribution in [0.2, 0.25) is 0 Å². The van der Waals surface area contributed by atoms with Crippen molar-refractivity contribution < 1.29 is 0 Å². The first kappa shape index (κ1) is 11.6. The van der Waals surface area contributed by atoms with Gasteiger partial charge in [-0.2, -0.15) is 0 Å². The largest absolute Gasteiger partial charge is 0.317 e. The van der Waals surface area contributed by atoms with Crippen LogP contribution in [0.4, 0.5) is 0 Å². The summed E-state index contributed by atoms with van der Waals surface area (Å²) in [6.07, 6.45) is 1.27. The van der Waals surface area contributed by atoms with Crippen LogP contribution in [0.3, 0.4) is 0 Å². The van der Waals surface area contributed by atoms with Crippen molar-refractivity contribution in [2.75, 3.05) is 20.1 Å². The highest BCUT2D eigenvalue weighted by molar-refractivity contribution is 5.14. The van der Waals surface area contributed by atoms with Gasteiger partial charge in [-0.1, -0.05) is 37.3 Å². The zero-order valence-electron chi connectivity index (χ0n) is 10.3. The summed E-state index contributed by atoms with van der Waals surface area (Å²) in [6, 6.07) is 11.5. The lowest BCUT2D eigenvalue weighted by molar-refractivity contribution is 0.145. The van der Waals surface area contributed by atoms with Crippen molar-refractivity contribution in [1.29, 1.82) is 0 Å². The fourth-order valence-electron chi connectivity index (χ4n) is 2.65. The standard InChI is InChI=1S/C14H22N2/c1-12-10-16(9-8-14(12)15-2)11-13-6-4-3-5-7-13/h3-7,12,14-15H,8-11H2,1-2H3/t12-,14+/m1/s1. The zero-order valence-corrected chi connectivity index (χ0v) is 10.3. The maximum Gasteiger partial charge on any atom is 0.0233 e. The van der Waals surface area contributed by atoms with Crippen LogP contribution in [-0.4, -0.2) is 31.1 Å². The molecular formula is C14H22N2. The van der Waals surface area contributed by atoms with Crippen LogP contribution in [0.1, 0.15) is 18.9 Å². The third-order valence-corrected chi connectivity index (χ3v) is 3.61. The molecule has 1 saturated heterocycles. The topological polar surface area (TPSA) is 15.3 Å². The normalized spacial score (nSPS) is 26.9. The molecule has 0 aromatic heterocycles. The van der Waals surface area contributed by atoms with E-state index in [-0.39, 0.29) is 0 Å². The SMILES string of the molecule is CN[C@H]1CCN(Cc2ccccc2)C[C@H]1C. The highest BCUT2D eigenvalue weighted by atomic mass is 15.1. The Hall–Kier alpha value is -0.860. The smallest absolute Gasteiger partial charge is 0.0233 e. The van der Waals surface area contributed by atoms with E-state index in [4.69, 9.17) is 0 Å². The molecule has 2 nitrogen and oxygen atoms in total. The van der Waals surface area contributed by atoms with Gasteiger partial charge in [-0.3, -0.25) is 4.90 Å². The number of nitrogens with zero attached hydrogens (tertiary/aromatic N) is 1. The lowest BCUT2D eigenvalue weighted by Gasteiger charge is -2.36. The lowest BCUT2D eigenvalue weighted by atomic mass is 9.94. The third kappa shape index (κ3) is 2.83. The van der Waals surface area contributed by atoms with Gasteiger partial charge < -0.3 is 5.32 Å². The molecule has 1 aromatic carbocycles. The first-order valence-electron chi connectivity index (χ1n) is 6.23. The predicted molar refractivity (Wildman–Crippen MR) is 68.3 cm³/mol. The molecule has 0 radical (unpaired) electrons. The summed E-state index contributed by atoms with van der Waals surface area (Å²) in [7, 11) is 2.08. The molecule has 0 bridgehead atoms. The van der Waals surface area contributed by atoms with Crippen LogP contribution in [0.25, 0.3) is 0 Å². The van der Waals surface area contributed by atoms with Gasteiger partial charge in [0.1, 0.15) is 0 Å². The summed E-state index contributed by atoms with van der Waals surface area (Å²) in [5.41, 5.74) is 1.43. The summed E-state index contributed by atoms with van der Waals surface area (Å²) in [6.45, 7) is 5.87. The number of benzene rings is 1. The molecule has 2 atom stereocenters. The molecule has 1 aliphatic rings. The van der Waals surface area contributed by atoms with Gasteiger partial charge in [-0.25, -0.2) is 0 Å². The van der Waals surface area contributed by atoms with Gasteiger partial charge in [-0.05, 0) is 31.5 Å². The second-order valence-electron chi connectivity index (χ2n) is 4.88. The minimum Gasteiger partial charge on any atom is -0.317 e. The van der Waals surface area contributed by atoms with Crippen molar-refractivity contribution in [3.8, 4) is 0 Å². The monoisotopic (exact) mass is 218 g/mol. The summed E-state index contributed by atoms with van der Waals surface area (Å²) >= 11 is 0. The van der Waals surface area contributed by atoms with E-state index in [1.807, 2.05) is 0 Å². The van der Waals surface area contributed by atoms with Gasteiger partial charge >= 0.3 is 0 Å². The fraction of sp³-hybridized carbons (Fsp3) is 0.571. The molecule has 0 amide bonds. The van der Waals surface area contributed by atoms with Crippen molar-refractivity contribution in [3.63, 3.8) is 0 Å². The molecule has 1 aliphatic heterocycles. The molecule has 1 fully saturated rings. The van der Waals surface area contributed by atoms with Crippen molar-refractivity contribution in [1.82, 2.24) is 10.2 Å². The third-order valence-electron chi connectivity index (χ3n) is 3.61. The zero-order chi connectivity index (χ0) is 11.4.